The van der Waals surface area contributed by atoms with Gasteiger partial charge in [0, 0.05) is 39.4 Å². The van der Waals surface area contributed by atoms with Gasteiger partial charge in [-0.3, -0.25) is 4.98 Å². The van der Waals surface area contributed by atoms with Gasteiger partial charge in [0.25, 0.3) is 0 Å². The van der Waals surface area contributed by atoms with Crippen LogP contribution in [0.15, 0.2) is 188 Å². The van der Waals surface area contributed by atoms with Crippen LogP contribution in [0.25, 0.3) is 67.1 Å². The lowest BCUT2D eigenvalue weighted by atomic mass is 9.66. The third-order valence-corrected chi connectivity index (χ3v) is 11.0. The van der Waals surface area contributed by atoms with Crippen molar-refractivity contribution in [3.8, 4) is 67.7 Å². The Bertz CT molecular complexity index is 2890. The number of nitrogens with zero attached hydrogens (tertiary/aromatic N) is 3. The van der Waals surface area contributed by atoms with Gasteiger partial charge in [-0.2, -0.15) is 0 Å². The second-order valence-electron chi connectivity index (χ2n) is 13.9. The van der Waals surface area contributed by atoms with E-state index in [9.17, 15) is 0 Å². The third kappa shape index (κ3) is 4.53. The van der Waals surface area contributed by atoms with E-state index in [0.717, 1.165) is 83.9 Å². The van der Waals surface area contributed by atoms with Crippen LogP contribution in [0.5, 0.6) is 11.5 Å². The standard InChI is InChI=1S/C50H31N3O/c1-2-13-32(14-3-1)47-39-19-4-7-23-44(39)52-49(53-47)37-18-11-17-35(30-37)33-15-10-16-34(29-33)36-26-27-38-43(31-36)50(42-22-12-28-51-48(38)42)40-20-5-8-24-45(40)54-46-25-9-6-21-41(46)50/h1-31H. The maximum Gasteiger partial charge on any atom is 0.160 e. The predicted molar refractivity (Wildman–Crippen MR) is 216 cm³/mol. The molecule has 0 unspecified atom stereocenters. The van der Waals surface area contributed by atoms with Gasteiger partial charge in [-0.25, -0.2) is 9.97 Å². The highest BCUT2D eigenvalue weighted by Gasteiger charge is 2.51. The van der Waals surface area contributed by atoms with Crippen LogP contribution in [0.2, 0.25) is 0 Å². The normalized spacial score (nSPS) is 13.1. The molecule has 0 bridgehead atoms. The molecule has 1 aliphatic heterocycles. The summed E-state index contributed by atoms with van der Waals surface area (Å²) in [6.45, 7) is 0. The first-order chi connectivity index (χ1) is 26.8. The second kappa shape index (κ2) is 11.9. The summed E-state index contributed by atoms with van der Waals surface area (Å²) in [7, 11) is 0. The Morgan fingerprint density at radius 1 is 0.389 bits per heavy atom. The van der Waals surface area contributed by atoms with E-state index in [-0.39, 0.29) is 0 Å². The van der Waals surface area contributed by atoms with E-state index in [1.165, 1.54) is 11.1 Å². The first-order valence-electron chi connectivity index (χ1n) is 18.3. The fourth-order valence-corrected chi connectivity index (χ4v) is 8.62. The molecule has 0 saturated carbocycles. The SMILES string of the molecule is c1ccc(-c2nc(-c3cccc(-c4cccc(-c5ccc6c(c5)C5(c7ccccc7Oc7ccccc75)c5cccnc5-6)c4)c3)nc3ccccc23)cc1. The highest BCUT2D eigenvalue weighted by atomic mass is 16.5. The summed E-state index contributed by atoms with van der Waals surface area (Å²) in [5, 5.41) is 1.04. The number of ether oxygens (including phenoxy) is 1. The number of rotatable bonds is 4. The molecule has 7 aromatic carbocycles. The molecule has 0 atom stereocenters. The van der Waals surface area contributed by atoms with Crippen molar-refractivity contribution in [1.82, 2.24) is 15.0 Å². The average Bonchev–Trinajstić information content (AvgIpc) is 3.53. The molecule has 54 heavy (non-hydrogen) atoms. The molecule has 4 nitrogen and oxygen atoms in total. The number of hydrogen-bond acceptors (Lipinski definition) is 4. The lowest BCUT2D eigenvalue weighted by molar-refractivity contribution is 0.436. The van der Waals surface area contributed by atoms with E-state index in [4.69, 9.17) is 19.7 Å². The van der Waals surface area contributed by atoms with Crippen molar-refractivity contribution in [1.29, 1.82) is 0 Å². The Labute approximate surface area is 313 Å². The van der Waals surface area contributed by atoms with Gasteiger partial charge in [-0.15, -0.1) is 0 Å². The zero-order chi connectivity index (χ0) is 35.6. The minimum absolute atomic E-state index is 0.565. The quantitative estimate of drug-likeness (QED) is 0.185. The summed E-state index contributed by atoms with van der Waals surface area (Å²) in [5.74, 6) is 2.45. The molecular formula is C50H31N3O. The summed E-state index contributed by atoms with van der Waals surface area (Å²) < 4.78 is 6.54. The molecule has 0 N–H and O–H groups in total. The number of fused-ring (bicyclic) bond motifs is 10. The Morgan fingerprint density at radius 3 is 1.74 bits per heavy atom. The summed E-state index contributed by atoms with van der Waals surface area (Å²) in [5.41, 5.74) is 14.7. The van der Waals surface area contributed by atoms with Crippen molar-refractivity contribution in [2.75, 3.05) is 0 Å². The highest BCUT2D eigenvalue weighted by molar-refractivity contribution is 5.94. The molecule has 1 aliphatic carbocycles. The van der Waals surface area contributed by atoms with Crippen LogP contribution in [0.1, 0.15) is 22.3 Å². The van der Waals surface area contributed by atoms with Crippen LogP contribution in [-0.2, 0) is 5.41 Å². The molecular weight excluding hydrogens is 659 g/mol. The highest BCUT2D eigenvalue weighted by Crippen LogP contribution is 2.61. The predicted octanol–water partition coefficient (Wildman–Crippen LogP) is 12.2. The van der Waals surface area contributed by atoms with Crippen molar-refractivity contribution in [3.63, 3.8) is 0 Å². The van der Waals surface area contributed by atoms with Gasteiger partial charge in [-0.05, 0) is 75.8 Å². The maximum absolute atomic E-state index is 6.54. The summed E-state index contributed by atoms with van der Waals surface area (Å²) in [6.07, 6.45) is 1.90. The Hall–Kier alpha value is -7.17. The topological polar surface area (TPSA) is 47.9 Å². The molecule has 0 radical (unpaired) electrons. The maximum atomic E-state index is 6.54. The van der Waals surface area contributed by atoms with Gasteiger partial charge in [0.15, 0.2) is 5.82 Å². The lowest BCUT2D eigenvalue weighted by Crippen LogP contribution is -2.32. The van der Waals surface area contributed by atoms with E-state index in [1.807, 2.05) is 36.5 Å². The van der Waals surface area contributed by atoms with Crippen molar-refractivity contribution < 1.29 is 4.74 Å². The number of hydrogen-bond donors (Lipinski definition) is 0. The Morgan fingerprint density at radius 2 is 0.981 bits per heavy atom. The van der Waals surface area contributed by atoms with Gasteiger partial charge in [-0.1, -0.05) is 140 Å². The van der Waals surface area contributed by atoms with Crippen LogP contribution >= 0.6 is 0 Å². The van der Waals surface area contributed by atoms with E-state index in [0.29, 0.717) is 5.82 Å². The van der Waals surface area contributed by atoms with Crippen molar-refractivity contribution >= 4 is 10.9 Å². The zero-order valence-electron chi connectivity index (χ0n) is 29.1. The average molecular weight is 690 g/mol. The first-order valence-corrected chi connectivity index (χ1v) is 18.3. The molecule has 1 spiro atoms. The van der Waals surface area contributed by atoms with Crippen LogP contribution in [0.3, 0.4) is 0 Å². The van der Waals surface area contributed by atoms with Crippen LogP contribution in [0.4, 0.5) is 0 Å². The van der Waals surface area contributed by atoms with Crippen molar-refractivity contribution in [2.45, 2.75) is 5.41 Å². The Balaban J connectivity index is 1.04. The minimum atomic E-state index is -0.565. The molecule has 0 fully saturated rings. The van der Waals surface area contributed by atoms with Gasteiger partial charge < -0.3 is 4.74 Å². The summed E-state index contributed by atoms with van der Waals surface area (Å²) in [4.78, 5) is 15.1. The fraction of sp³-hybridized carbons (Fsp3) is 0.0200. The van der Waals surface area contributed by atoms with E-state index < -0.39 is 5.41 Å². The molecule has 2 aromatic heterocycles. The van der Waals surface area contributed by atoms with Gasteiger partial charge in [0.2, 0.25) is 0 Å². The van der Waals surface area contributed by atoms with Crippen molar-refractivity contribution in [3.05, 3.63) is 210 Å². The molecule has 0 amide bonds. The smallest absolute Gasteiger partial charge is 0.160 e. The molecule has 11 rings (SSSR count). The van der Waals surface area contributed by atoms with Gasteiger partial charge in [0.05, 0.1) is 22.3 Å². The van der Waals surface area contributed by atoms with Crippen LogP contribution in [0, 0.1) is 0 Å². The minimum Gasteiger partial charge on any atom is -0.457 e. The second-order valence-corrected chi connectivity index (χ2v) is 13.9. The molecule has 4 heteroatoms. The fourth-order valence-electron chi connectivity index (χ4n) is 8.62. The van der Waals surface area contributed by atoms with E-state index in [2.05, 4.69) is 152 Å². The monoisotopic (exact) mass is 689 g/mol. The number of para-hydroxylation sites is 3. The number of pyridine rings is 1. The van der Waals surface area contributed by atoms with Crippen LogP contribution < -0.4 is 4.74 Å². The molecule has 0 saturated heterocycles. The number of benzene rings is 7. The lowest BCUT2D eigenvalue weighted by Gasteiger charge is -2.39. The first kappa shape index (κ1) is 30.5. The Kier molecular flexibility index (Phi) is 6.73. The van der Waals surface area contributed by atoms with E-state index in [1.54, 1.807) is 0 Å². The van der Waals surface area contributed by atoms with Gasteiger partial charge >= 0.3 is 0 Å². The molecule has 9 aromatic rings. The molecule has 252 valence electrons. The zero-order valence-corrected chi connectivity index (χ0v) is 29.1. The van der Waals surface area contributed by atoms with Crippen molar-refractivity contribution in [2.24, 2.45) is 0 Å². The number of aromatic nitrogens is 3. The largest absolute Gasteiger partial charge is 0.457 e. The van der Waals surface area contributed by atoms with E-state index >= 15 is 0 Å². The molecule has 2 aliphatic rings. The summed E-state index contributed by atoms with van der Waals surface area (Å²) >= 11 is 0. The third-order valence-electron chi connectivity index (χ3n) is 11.0. The summed E-state index contributed by atoms with van der Waals surface area (Å²) in [6, 6.07) is 64.0. The molecule has 3 heterocycles. The van der Waals surface area contributed by atoms with Gasteiger partial charge in [0.1, 0.15) is 11.5 Å². The van der Waals surface area contributed by atoms with Crippen LogP contribution in [-0.4, -0.2) is 15.0 Å².